The van der Waals surface area contributed by atoms with Gasteiger partial charge in [0.15, 0.2) is 0 Å². The van der Waals surface area contributed by atoms with Gasteiger partial charge in [0.05, 0.1) is 7.11 Å². The van der Waals surface area contributed by atoms with Crippen molar-refractivity contribution < 1.29 is 4.74 Å². The second-order valence-corrected chi connectivity index (χ2v) is 3.88. The Balaban J connectivity index is 2.74. The smallest absolute Gasteiger partial charge is 0.123 e. The van der Waals surface area contributed by atoms with E-state index in [0.29, 0.717) is 0 Å². The van der Waals surface area contributed by atoms with Crippen molar-refractivity contribution in [2.75, 3.05) is 13.7 Å². The molecule has 0 saturated carbocycles. The van der Waals surface area contributed by atoms with Gasteiger partial charge in [0.1, 0.15) is 5.75 Å². The molecule has 0 heterocycles. The summed E-state index contributed by atoms with van der Waals surface area (Å²) in [5.41, 5.74) is 2.38. The van der Waals surface area contributed by atoms with Crippen molar-refractivity contribution in [1.82, 2.24) is 5.32 Å². The number of nitrogens with one attached hydrogen (secondary N) is 1. The summed E-state index contributed by atoms with van der Waals surface area (Å²) in [6, 6.07) is 6.50. The van der Waals surface area contributed by atoms with E-state index in [1.165, 1.54) is 11.1 Å². The van der Waals surface area contributed by atoms with Crippen molar-refractivity contribution in [3.63, 3.8) is 0 Å². The Morgan fingerprint density at radius 2 is 2.25 bits per heavy atom. The Hall–Kier alpha value is -1.46. The molecule has 0 spiro atoms. The topological polar surface area (TPSA) is 21.3 Å². The molecule has 86 valence electrons. The van der Waals surface area contributed by atoms with Crippen LogP contribution in [0.5, 0.6) is 5.75 Å². The molecule has 0 aliphatic carbocycles. The lowest BCUT2D eigenvalue weighted by Gasteiger charge is -2.17. The Kier molecular flexibility index (Phi) is 4.88. The van der Waals surface area contributed by atoms with E-state index < -0.39 is 0 Å². The predicted molar refractivity (Wildman–Crippen MR) is 67.6 cm³/mol. The van der Waals surface area contributed by atoms with E-state index >= 15 is 0 Å². The standard InChI is InChI=1S/C14H19NO/c1-5-6-9-15-12(3)13-8-7-11(2)10-14(13)16-4/h1,7-8,10,12,15H,6,9H2,2-4H3. The van der Waals surface area contributed by atoms with Gasteiger partial charge in [0, 0.05) is 24.6 Å². The van der Waals surface area contributed by atoms with Crippen LogP contribution in [0.3, 0.4) is 0 Å². The van der Waals surface area contributed by atoms with Crippen LogP contribution < -0.4 is 10.1 Å². The number of aryl methyl sites for hydroxylation is 1. The summed E-state index contributed by atoms with van der Waals surface area (Å²) >= 11 is 0. The number of methoxy groups -OCH3 is 1. The lowest BCUT2D eigenvalue weighted by molar-refractivity contribution is 0.401. The molecule has 0 bridgehead atoms. The average Bonchev–Trinajstić information content (AvgIpc) is 2.29. The second-order valence-electron chi connectivity index (χ2n) is 3.88. The highest BCUT2D eigenvalue weighted by Crippen LogP contribution is 2.25. The van der Waals surface area contributed by atoms with Gasteiger partial charge >= 0.3 is 0 Å². The van der Waals surface area contributed by atoms with Gasteiger partial charge in [0.25, 0.3) is 0 Å². The van der Waals surface area contributed by atoms with E-state index in [0.717, 1.165) is 18.7 Å². The molecule has 1 unspecified atom stereocenters. The minimum atomic E-state index is 0.254. The highest BCUT2D eigenvalue weighted by Gasteiger charge is 2.10. The van der Waals surface area contributed by atoms with Gasteiger partial charge in [-0.25, -0.2) is 0 Å². The maximum Gasteiger partial charge on any atom is 0.123 e. The number of hydrogen-bond donors (Lipinski definition) is 1. The van der Waals surface area contributed by atoms with Crippen molar-refractivity contribution in [1.29, 1.82) is 0 Å². The minimum absolute atomic E-state index is 0.254. The zero-order valence-corrected chi connectivity index (χ0v) is 10.2. The summed E-state index contributed by atoms with van der Waals surface area (Å²) in [4.78, 5) is 0. The molecule has 0 radical (unpaired) electrons. The third-order valence-corrected chi connectivity index (χ3v) is 2.58. The number of rotatable bonds is 5. The summed E-state index contributed by atoms with van der Waals surface area (Å²) in [6.07, 6.45) is 5.96. The molecule has 1 aromatic rings. The summed E-state index contributed by atoms with van der Waals surface area (Å²) in [5, 5.41) is 3.37. The van der Waals surface area contributed by atoms with Gasteiger partial charge in [-0.05, 0) is 25.5 Å². The van der Waals surface area contributed by atoms with E-state index in [4.69, 9.17) is 11.2 Å². The second kappa shape index (κ2) is 6.19. The first kappa shape index (κ1) is 12.6. The van der Waals surface area contributed by atoms with Crippen LogP contribution in [0.25, 0.3) is 0 Å². The first-order valence-corrected chi connectivity index (χ1v) is 5.50. The van der Waals surface area contributed by atoms with Crippen LogP contribution in [0.1, 0.15) is 30.5 Å². The molecule has 1 aromatic carbocycles. The average molecular weight is 217 g/mol. The number of benzene rings is 1. The van der Waals surface area contributed by atoms with Crippen LogP contribution in [0.2, 0.25) is 0 Å². The first-order valence-electron chi connectivity index (χ1n) is 5.50. The summed E-state index contributed by atoms with van der Waals surface area (Å²) in [5.74, 6) is 3.55. The van der Waals surface area contributed by atoms with E-state index in [9.17, 15) is 0 Å². The zero-order valence-electron chi connectivity index (χ0n) is 10.2. The van der Waals surface area contributed by atoms with Crippen molar-refractivity contribution in [3.8, 4) is 18.1 Å². The fraction of sp³-hybridized carbons (Fsp3) is 0.429. The number of ether oxygens (including phenoxy) is 1. The van der Waals surface area contributed by atoms with Gasteiger partial charge in [-0.3, -0.25) is 0 Å². The quantitative estimate of drug-likeness (QED) is 0.605. The summed E-state index contributed by atoms with van der Waals surface area (Å²) in [7, 11) is 1.70. The lowest BCUT2D eigenvalue weighted by Crippen LogP contribution is -2.20. The van der Waals surface area contributed by atoms with Crippen LogP contribution in [-0.4, -0.2) is 13.7 Å². The SMILES string of the molecule is C#CCCNC(C)c1ccc(C)cc1OC. The number of hydrogen-bond acceptors (Lipinski definition) is 2. The fourth-order valence-electron chi connectivity index (χ4n) is 1.65. The van der Waals surface area contributed by atoms with Crippen LogP contribution in [-0.2, 0) is 0 Å². The molecule has 2 nitrogen and oxygen atoms in total. The highest BCUT2D eigenvalue weighted by atomic mass is 16.5. The van der Waals surface area contributed by atoms with Crippen molar-refractivity contribution in [3.05, 3.63) is 29.3 Å². The normalized spacial score (nSPS) is 11.9. The lowest BCUT2D eigenvalue weighted by atomic mass is 10.0. The van der Waals surface area contributed by atoms with Crippen molar-refractivity contribution in [2.24, 2.45) is 0 Å². The molecule has 1 atom stereocenters. The van der Waals surface area contributed by atoms with E-state index in [-0.39, 0.29) is 6.04 Å². The maximum atomic E-state index is 5.37. The molecule has 0 aliphatic heterocycles. The highest BCUT2D eigenvalue weighted by molar-refractivity contribution is 5.39. The maximum absolute atomic E-state index is 5.37. The largest absolute Gasteiger partial charge is 0.496 e. The van der Waals surface area contributed by atoms with Crippen molar-refractivity contribution >= 4 is 0 Å². The third-order valence-electron chi connectivity index (χ3n) is 2.58. The molecule has 0 aromatic heterocycles. The Morgan fingerprint density at radius 3 is 2.88 bits per heavy atom. The van der Waals surface area contributed by atoms with Crippen LogP contribution in [0, 0.1) is 19.3 Å². The van der Waals surface area contributed by atoms with Gasteiger partial charge < -0.3 is 10.1 Å². The fourth-order valence-corrected chi connectivity index (χ4v) is 1.65. The summed E-state index contributed by atoms with van der Waals surface area (Å²) < 4.78 is 5.37. The van der Waals surface area contributed by atoms with Crippen LogP contribution >= 0.6 is 0 Å². The molecule has 0 saturated heterocycles. The Bertz CT molecular complexity index is 379. The molecular formula is C14H19NO. The van der Waals surface area contributed by atoms with Gasteiger partial charge in [-0.15, -0.1) is 12.3 Å². The van der Waals surface area contributed by atoms with E-state index in [1.807, 2.05) is 0 Å². The van der Waals surface area contributed by atoms with Crippen LogP contribution in [0.15, 0.2) is 18.2 Å². The monoisotopic (exact) mass is 217 g/mol. The predicted octanol–water partition coefficient (Wildman–Crippen LogP) is 2.68. The first-order chi connectivity index (χ1) is 7.69. The molecule has 0 aliphatic rings. The third kappa shape index (κ3) is 3.29. The molecule has 0 amide bonds. The molecule has 1 N–H and O–H groups in total. The Labute approximate surface area is 98.0 Å². The minimum Gasteiger partial charge on any atom is -0.496 e. The van der Waals surface area contributed by atoms with Gasteiger partial charge in [-0.2, -0.15) is 0 Å². The van der Waals surface area contributed by atoms with Gasteiger partial charge in [-0.1, -0.05) is 12.1 Å². The Morgan fingerprint density at radius 1 is 1.50 bits per heavy atom. The zero-order chi connectivity index (χ0) is 12.0. The van der Waals surface area contributed by atoms with Gasteiger partial charge in [0.2, 0.25) is 0 Å². The molecule has 2 heteroatoms. The molecule has 16 heavy (non-hydrogen) atoms. The van der Waals surface area contributed by atoms with E-state index in [2.05, 4.69) is 43.3 Å². The molecule has 1 rings (SSSR count). The molecular weight excluding hydrogens is 198 g/mol. The molecule has 0 fully saturated rings. The van der Waals surface area contributed by atoms with Crippen molar-refractivity contribution in [2.45, 2.75) is 26.3 Å². The summed E-state index contributed by atoms with van der Waals surface area (Å²) in [6.45, 7) is 5.00. The number of terminal acetylenes is 1. The van der Waals surface area contributed by atoms with Crippen LogP contribution in [0.4, 0.5) is 0 Å². The van der Waals surface area contributed by atoms with E-state index in [1.54, 1.807) is 7.11 Å².